The molecule has 0 aromatic heterocycles. The van der Waals surface area contributed by atoms with E-state index in [1.54, 1.807) is 48.5 Å². The van der Waals surface area contributed by atoms with E-state index < -0.39 is 30.3 Å². The standard InChI is InChI=1S/C26H21N3O5/c1-17-7-13-20(14-8-17)27-23(30)16-34-26(33)19-11-9-18(10-12-19)15-22-24(31)28-29(25(22)32)21-5-3-2-4-6-21/h2-15H,16H2,1H3,(H,27,30)(H,28,31)/b22-15+. The Balaban J connectivity index is 1.36. The predicted octanol–water partition coefficient (Wildman–Crippen LogP) is 3.25. The van der Waals surface area contributed by atoms with Gasteiger partial charge in [0.05, 0.1) is 11.3 Å². The summed E-state index contributed by atoms with van der Waals surface area (Å²) in [5.41, 5.74) is 5.53. The number of ether oxygens (including phenoxy) is 1. The fourth-order valence-electron chi connectivity index (χ4n) is 3.25. The molecule has 1 aliphatic rings. The molecule has 8 nitrogen and oxygen atoms in total. The predicted molar refractivity (Wildman–Crippen MR) is 127 cm³/mol. The fraction of sp³-hybridized carbons (Fsp3) is 0.0769. The molecule has 3 amide bonds. The molecular formula is C26H21N3O5. The van der Waals surface area contributed by atoms with Gasteiger partial charge in [0, 0.05) is 5.69 Å². The van der Waals surface area contributed by atoms with Crippen molar-refractivity contribution in [2.45, 2.75) is 6.92 Å². The van der Waals surface area contributed by atoms with Crippen molar-refractivity contribution in [1.82, 2.24) is 5.43 Å². The minimum absolute atomic E-state index is 0.0213. The molecule has 0 unspecified atom stereocenters. The minimum atomic E-state index is -0.664. The van der Waals surface area contributed by atoms with E-state index in [4.69, 9.17) is 4.74 Å². The quantitative estimate of drug-likeness (QED) is 0.337. The summed E-state index contributed by atoms with van der Waals surface area (Å²) in [6.45, 7) is 1.51. The van der Waals surface area contributed by atoms with E-state index in [0.717, 1.165) is 5.56 Å². The maximum atomic E-state index is 12.7. The zero-order chi connectivity index (χ0) is 24.1. The maximum absolute atomic E-state index is 12.7. The third kappa shape index (κ3) is 5.18. The second kappa shape index (κ2) is 9.83. The van der Waals surface area contributed by atoms with Crippen molar-refractivity contribution in [3.8, 4) is 0 Å². The number of amides is 3. The first-order chi connectivity index (χ1) is 16.4. The van der Waals surface area contributed by atoms with Gasteiger partial charge in [0.15, 0.2) is 6.61 Å². The van der Waals surface area contributed by atoms with Crippen molar-refractivity contribution in [3.63, 3.8) is 0 Å². The number of rotatable bonds is 6. The SMILES string of the molecule is Cc1ccc(NC(=O)COC(=O)c2ccc(/C=C3\C(=O)NN(c4ccccc4)C3=O)cc2)cc1. The summed E-state index contributed by atoms with van der Waals surface area (Å²) < 4.78 is 5.06. The van der Waals surface area contributed by atoms with Crippen molar-refractivity contribution in [1.29, 1.82) is 0 Å². The van der Waals surface area contributed by atoms with Gasteiger partial charge in [-0.3, -0.25) is 19.8 Å². The topological polar surface area (TPSA) is 105 Å². The summed E-state index contributed by atoms with van der Waals surface area (Å²) in [4.78, 5) is 49.2. The number of nitrogens with one attached hydrogen (secondary N) is 2. The zero-order valence-electron chi connectivity index (χ0n) is 18.3. The number of anilines is 2. The van der Waals surface area contributed by atoms with Crippen LogP contribution in [-0.4, -0.2) is 30.3 Å². The summed E-state index contributed by atoms with van der Waals surface area (Å²) in [5.74, 6) is -2.10. The van der Waals surface area contributed by atoms with Gasteiger partial charge >= 0.3 is 5.97 Å². The highest BCUT2D eigenvalue weighted by atomic mass is 16.5. The van der Waals surface area contributed by atoms with Gasteiger partial charge < -0.3 is 10.1 Å². The van der Waals surface area contributed by atoms with Crippen LogP contribution in [-0.2, 0) is 19.1 Å². The Bertz CT molecular complexity index is 1270. The molecule has 0 saturated carbocycles. The number of aryl methyl sites for hydroxylation is 1. The molecule has 2 N–H and O–H groups in total. The second-order valence-electron chi connectivity index (χ2n) is 7.59. The molecule has 4 rings (SSSR count). The van der Waals surface area contributed by atoms with Crippen molar-refractivity contribution < 1.29 is 23.9 Å². The molecule has 34 heavy (non-hydrogen) atoms. The Morgan fingerprint density at radius 1 is 0.941 bits per heavy atom. The van der Waals surface area contributed by atoms with Gasteiger partial charge in [-0.1, -0.05) is 48.0 Å². The van der Waals surface area contributed by atoms with Crippen LogP contribution in [0.5, 0.6) is 0 Å². The zero-order valence-corrected chi connectivity index (χ0v) is 18.3. The van der Waals surface area contributed by atoms with Crippen molar-refractivity contribution in [2.75, 3.05) is 16.9 Å². The third-order valence-electron chi connectivity index (χ3n) is 5.03. The lowest BCUT2D eigenvalue weighted by atomic mass is 10.1. The number of esters is 1. The van der Waals surface area contributed by atoms with Gasteiger partial charge in [-0.15, -0.1) is 0 Å². The second-order valence-corrected chi connectivity index (χ2v) is 7.59. The summed E-state index contributed by atoms with van der Waals surface area (Å²) >= 11 is 0. The molecule has 8 heteroatoms. The van der Waals surface area contributed by atoms with Gasteiger partial charge in [0.25, 0.3) is 17.7 Å². The smallest absolute Gasteiger partial charge is 0.338 e. The van der Waals surface area contributed by atoms with Gasteiger partial charge in [0.1, 0.15) is 5.57 Å². The first kappa shape index (κ1) is 22.5. The van der Waals surface area contributed by atoms with E-state index in [9.17, 15) is 19.2 Å². The molecule has 1 heterocycles. The highest BCUT2D eigenvalue weighted by molar-refractivity contribution is 6.31. The van der Waals surface area contributed by atoms with Crippen LogP contribution in [0.25, 0.3) is 6.08 Å². The Morgan fingerprint density at radius 3 is 2.29 bits per heavy atom. The van der Waals surface area contributed by atoms with Crippen LogP contribution in [0.2, 0.25) is 0 Å². The van der Waals surface area contributed by atoms with Gasteiger partial charge in [-0.2, -0.15) is 0 Å². The largest absolute Gasteiger partial charge is 0.452 e. The molecule has 1 fully saturated rings. The summed E-state index contributed by atoms with van der Waals surface area (Å²) in [6.07, 6.45) is 1.45. The normalized spacial score (nSPS) is 14.1. The van der Waals surface area contributed by atoms with Crippen LogP contribution in [0.4, 0.5) is 11.4 Å². The van der Waals surface area contributed by atoms with Crippen molar-refractivity contribution in [3.05, 3.63) is 101 Å². The van der Waals surface area contributed by atoms with E-state index in [1.165, 1.54) is 23.2 Å². The van der Waals surface area contributed by atoms with E-state index >= 15 is 0 Å². The number of benzene rings is 3. The van der Waals surface area contributed by atoms with Gasteiger partial charge in [-0.25, -0.2) is 9.80 Å². The van der Waals surface area contributed by atoms with Crippen LogP contribution in [0.15, 0.2) is 84.4 Å². The molecule has 0 bridgehead atoms. The molecule has 1 saturated heterocycles. The first-order valence-corrected chi connectivity index (χ1v) is 10.5. The lowest BCUT2D eigenvalue weighted by molar-refractivity contribution is -0.119. The van der Waals surface area contributed by atoms with E-state index in [0.29, 0.717) is 16.9 Å². The Kier molecular flexibility index (Phi) is 6.49. The molecule has 3 aromatic carbocycles. The lowest BCUT2D eigenvalue weighted by Crippen LogP contribution is -2.35. The molecule has 0 atom stereocenters. The third-order valence-corrected chi connectivity index (χ3v) is 5.03. The molecule has 0 radical (unpaired) electrons. The number of hydrazine groups is 1. The monoisotopic (exact) mass is 455 g/mol. The van der Waals surface area contributed by atoms with Crippen LogP contribution in [0.1, 0.15) is 21.5 Å². The maximum Gasteiger partial charge on any atom is 0.338 e. The Hall–Kier alpha value is -4.72. The summed E-state index contributed by atoms with van der Waals surface area (Å²) in [6, 6.07) is 22.2. The van der Waals surface area contributed by atoms with Crippen LogP contribution in [0, 0.1) is 6.92 Å². The van der Waals surface area contributed by atoms with Crippen molar-refractivity contribution in [2.24, 2.45) is 0 Å². The number of hydrogen-bond donors (Lipinski definition) is 2. The molecule has 3 aromatic rings. The number of nitrogens with zero attached hydrogens (tertiary/aromatic N) is 1. The molecular weight excluding hydrogens is 434 g/mol. The highest BCUT2D eigenvalue weighted by Crippen LogP contribution is 2.21. The Labute approximate surface area is 195 Å². The van der Waals surface area contributed by atoms with E-state index in [1.807, 2.05) is 25.1 Å². The minimum Gasteiger partial charge on any atom is -0.452 e. The number of carbonyl (C=O) groups is 4. The summed E-state index contributed by atoms with van der Waals surface area (Å²) in [5, 5.41) is 3.83. The number of para-hydroxylation sites is 1. The average molecular weight is 455 g/mol. The van der Waals surface area contributed by atoms with Gasteiger partial charge in [0.2, 0.25) is 0 Å². The molecule has 0 spiro atoms. The van der Waals surface area contributed by atoms with Crippen LogP contribution >= 0.6 is 0 Å². The van der Waals surface area contributed by atoms with Crippen molar-refractivity contribution >= 4 is 41.1 Å². The highest BCUT2D eigenvalue weighted by Gasteiger charge is 2.34. The number of carbonyl (C=O) groups excluding carboxylic acids is 4. The van der Waals surface area contributed by atoms with Crippen LogP contribution in [0.3, 0.4) is 0 Å². The fourth-order valence-corrected chi connectivity index (χ4v) is 3.25. The Morgan fingerprint density at radius 2 is 1.62 bits per heavy atom. The molecule has 1 aliphatic heterocycles. The van der Waals surface area contributed by atoms with E-state index in [-0.39, 0.29) is 11.1 Å². The van der Waals surface area contributed by atoms with Gasteiger partial charge in [-0.05, 0) is 55.0 Å². The first-order valence-electron chi connectivity index (χ1n) is 10.5. The summed E-state index contributed by atoms with van der Waals surface area (Å²) in [7, 11) is 0. The van der Waals surface area contributed by atoms with E-state index in [2.05, 4.69) is 10.7 Å². The average Bonchev–Trinajstić information content (AvgIpc) is 3.13. The number of hydrogen-bond acceptors (Lipinski definition) is 5. The molecule has 170 valence electrons. The van der Waals surface area contributed by atoms with Crippen LogP contribution < -0.4 is 15.8 Å². The lowest BCUT2D eigenvalue weighted by Gasteiger charge is -2.13. The molecule has 0 aliphatic carbocycles.